The summed E-state index contributed by atoms with van der Waals surface area (Å²) in [5.41, 5.74) is 10.2. The van der Waals surface area contributed by atoms with Crippen LogP contribution >= 0.6 is 0 Å². The minimum Gasteiger partial charge on any atom is -0.461 e. The Kier molecular flexibility index (Phi) is 6.65. The third-order valence-electron chi connectivity index (χ3n) is 9.87. The molecule has 40 heavy (non-hydrogen) atoms. The number of fused-ring (bicyclic) bond motifs is 4. The molecule has 1 aromatic carbocycles. The van der Waals surface area contributed by atoms with Crippen LogP contribution in [0.2, 0.25) is 0 Å². The van der Waals surface area contributed by atoms with Gasteiger partial charge in [0.2, 0.25) is 0 Å². The molecule has 5 heterocycles. The molecule has 4 aliphatic heterocycles. The summed E-state index contributed by atoms with van der Waals surface area (Å²) in [7, 11) is 0. The number of nitrogens with two attached hydrogens (primary N) is 1. The maximum absolute atomic E-state index is 14.4. The zero-order valence-corrected chi connectivity index (χ0v) is 23.0. The standard InChI is InChI=1S/C30H40FN5O4/c31-20-12-29(8-2-10-36(29)14-20)18-39-28-33-26-13-30(9-1-3-19-4-5-21(32)11-25(19)30)40-17-24(26)27(34-28)35-15-22(37)6-7-23(38)16-35/h4-5,11,20,22-23,37-38H,1-3,6-10,12-18,32H2. The molecule has 1 aliphatic carbocycles. The van der Waals surface area contributed by atoms with Gasteiger partial charge in [0.1, 0.15) is 18.6 Å². The number of alkyl halides is 1. The fourth-order valence-corrected chi connectivity index (χ4v) is 7.89. The highest BCUT2D eigenvalue weighted by atomic mass is 19.1. The molecule has 3 fully saturated rings. The minimum atomic E-state index is -0.834. The predicted molar refractivity (Wildman–Crippen MR) is 148 cm³/mol. The Morgan fingerprint density at radius 2 is 1.93 bits per heavy atom. The summed E-state index contributed by atoms with van der Waals surface area (Å²) in [6, 6.07) is 6.37. The number of nitrogen functional groups attached to an aromatic ring is 1. The molecule has 5 unspecified atom stereocenters. The van der Waals surface area contributed by atoms with Crippen molar-refractivity contribution in [3.8, 4) is 6.01 Å². The number of benzene rings is 1. The number of ether oxygens (including phenoxy) is 2. The largest absolute Gasteiger partial charge is 0.461 e. The SMILES string of the molecule is Nc1ccc2c(c1)C1(CCC2)Cc2nc(OCC34CCCN3CC(F)C4)nc(N3CC(O)CCC(O)C3)c2CO1. The van der Waals surface area contributed by atoms with E-state index < -0.39 is 24.0 Å². The average Bonchev–Trinajstić information content (AvgIpc) is 3.39. The molecule has 4 N–H and O–H groups in total. The van der Waals surface area contributed by atoms with Crippen molar-refractivity contribution in [2.75, 3.05) is 43.4 Å². The highest BCUT2D eigenvalue weighted by molar-refractivity contribution is 5.54. The first kappa shape index (κ1) is 26.4. The molecule has 0 radical (unpaired) electrons. The van der Waals surface area contributed by atoms with Crippen LogP contribution in [0.15, 0.2) is 18.2 Å². The monoisotopic (exact) mass is 553 g/mol. The van der Waals surface area contributed by atoms with Crippen LogP contribution in [0.1, 0.15) is 67.3 Å². The van der Waals surface area contributed by atoms with Gasteiger partial charge in [0, 0.05) is 43.7 Å². The van der Waals surface area contributed by atoms with E-state index in [1.54, 1.807) is 0 Å². The summed E-state index contributed by atoms with van der Waals surface area (Å²) >= 11 is 0. The van der Waals surface area contributed by atoms with Crippen molar-refractivity contribution in [3.05, 3.63) is 40.6 Å². The van der Waals surface area contributed by atoms with Gasteiger partial charge >= 0.3 is 6.01 Å². The van der Waals surface area contributed by atoms with Crippen LogP contribution in [0.25, 0.3) is 0 Å². The van der Waals surface area contributed by atoms with Gasteiger partial charge in [-0.15, -0.1) is 0 Å². The average molecular weight is 554 g/mol. The summed E-state index contributed by atoms with van der Waals surface area (Å²) in [4.78, 5) is 14.0. The Balaban J connectivity index is 1.26. The van der Waals surface area contributed by atoms with Crippen LogP contribution in [0.5, 0.6) is 6.01 Å². The van der Waals surface area contributed by atoms with Gasteiger partial charge in [-0.25, -0.2) is 4.39 Å². The Hall–Kier alpha value is -2.53. The maximum atomic E-state index is 14.4. The number of β-amino-alcohol motifs (C(OH)–C–C–N with tert-alkyl or cyclic N) is 2. The maximum Gasteiger partial charge on any atom is 0.318 e. The lowest BCUT2D eigenvalue weighted by molar-refractivity contribution is -0.0855. The van der Waals surface area contributed by atoms with E-state index >= 15 is 0 Å². The van der Waals surface area contributed by atoms with Gasteiger partial charge in [-0.1, -0.05) is 6.07 Å². The quantitative estimate of drug-likeness (QED) is 0.491. The first-order chi connectivity index (χ1) is 19.3. The number of nitrogens with zero attached hydrogens (tertiary/aromatic N) is 4. The molecule has 7 rings (SSSR count). The first-order valence-corrected chi connectivity index (χ1v) is 14.9. The van der Waals surface area contributed by atoms with Gasteiger partial charge in [-0.05, 0) is 74.8 Å². The number of aromatic nitrogens is 2. The van der Waals surface area contributed by atoms with Crippen LogP contribution in [0.4, 0.5) is 15.9 Å². The molecular weight excluding hydrogens is 513 g/mol. The van der Waals surface area contributed by atoms with Crippen LogP contribution in [0, 0.1) is 0 Å². The van der Waals surface area contributed by atoms with Crippen molar-refractivity contribution in [2.24, 2.45) is 0 Å². The van der Waals surface area contributed by atoms with E-state index in [0.29, 0.717) is 64.3 Å². The number of aliphatic hydroxyl groups is 2. The third kappa shape index (κ3) is 4.62. The van der Waals surface area contributed by atoms with Crippen molar-refractivity contribution < 1.29 is 24.1 Å². The molecule has 3 saturated heterocycles. The molecule has 0 bridgehead atoms. The van der Waals surface area contributed by atoms with E-state index in [2.05, 4.69) is 11.0 Å². The molecule has 9 nitrogen and oxygen atoms in total. The van der Waals surface area contributed by atoms with Gasteiger partial charge in [0.25, 0.3) is 0 Å². The van der Waals surface area contributed by atoms with Gasteiger partial charge < -0.3 is 30.3 Å². The Morgan fingerprint density at radius 3 is 2.75 bits per heavy atom. The van der Waals surface area contributed by atoms with Crippen LogP contribution in [-0.2, 0) is 29.8 Å². The molecule has 5 atom stereocenters. The number of aliphatic hydroxyl groups excluding tert-OH is 2. The lowest BCUT2D eigenvalue weighted by Crippen LogP contribution is -2.44. The molecule has 0 saturated carbocycles. The van der Waals surface area contributed by atoms with E-state index in [-0.39, 0.29) is 11.5 Å². The van der Waals surface area contributed by atoms with E-state index in [1.165, 1.54) is 5.56 Å². The fourth-order valence-electron chi connectivity index (χ4n) is 7.89. The lowest BCUT2D eigenvalue weighted by atomic mass is 9.74. The smallest absolute Gasteiger partial charge is 0.318 e. The van der Waals surface area contributed by atoms with Gasteiger partial charge in [-0.2, -0.15) is 9.97 Å². The number of aryl methyl sites for hydroxylation is 1. The Morgan fingerprint density at radius 1 is 1.10 bits per heavy atom. The van der Waals surface area contributed by atoms with Gasteiger partial charge in [0.05, 0.1) is 35.6 Å². The second kappa shape index (κ2) is 10.1. The summed E-state index contributed by atoms with van der Waals surface area (Å²) in [6.07, 6.45) is 4.97. The highest BCUT2D eigenvalue weighted by Crippen LogP contribution is 2.47. The molecule has 5 aliphatic rings. The molecular formula is C30H40FN5O4. The van der Waals surface area contributed by atoms with E-state index in [4.69, 9.17) is 25.2 Å². The minimum absolute atomic E-state index is 0.270. The van der Waals surface area contributed by atoms with Crippen molar-refractivity contribution in [1.82, 2.24) is 14.9 Å². The lowest BCUT2D eigenvalue weighted by Gasteiger charge is -2.43. The summed E-state index contributed by atoms with van der Waals surface area (Å²) in [5, 5.41) is 21.2. The van der Waals surface area contributed by atoms with E-state index in [9.17, 15) is 14.6 Å². The number of halogens is 1. The third-order valence-corrected chi connectivity index (χ3v) is 9.87. The van der Waals surface area contributed by atoms with Crippen molar-refractivity contribution in [3.63, 3.8) is 0 Å². The Bertz CT molecular complexity index is 1270. The highest BCUT2D eigenvalue weighted by Gasteiger charge is 2.50. The summed E-state index contributed by atoms with van der Waals surface area (Å²) in [6.45, 7) is 2.76. The zero-order valence-electron chi connectivity index (χ0n) is 23.0. The van der Waals surface area contributed by atoms with Gasteiger partial charge in [0.15, 0.2) is 0 Å². The summed E-state index contributed by atoms with van der Waals surface area (Å²) in [5.74, 6) is 0.647. The number of anilines is 2. The molecule has 1 spiro atoms. The van der Waals surface area contributed by atoms with Crippen LogP contribution < -0.4 is 15.4 Å². The molecule has 1 aromatic heterocycles. The normalized spacial score (nSPS) is 33.9. The van der Waals surface area contributed by atoms with Crippen molar-refractivity contribution >= 4 is 11.5 Å². The van der Waals surface area contributed by atoms with Crippen LogP contribution in [-0.4, -0.2) is 81.8 Å². The number of hydrogen-bond donors (Lipinski definition) is 3. The second-order valence-electron chi connectivity index (χ2n) is 12.6. The van der Waals surface area contributed by atoms with Crippen molar-refractivity contribution in [1.29, 1.82) is 0 Å². The predicted octanol–water partition coefficient (Wildman–Crippen LogP) is 2.64. The molecule has 216 valence electrons. The number of hydrogen-bond acceptors (Lipinski definition) is 9. The number of rotatable bonds is 4. The van der Waals surface area contributed by atoms with E-state index in [1.807, 2.05) is 17.0 Å². The topological polar surface area (TPSA) is 117 Å². The molecule has 2 aromatic rings. The molecule has 10 heteroatoms. The van der Waals surface area contributed by atoms with Gasteiger partial charge in [-0.3, -0.25) is 4.90 Å². The van der Waals surface area contributed by atoms with Crippen LogP contribution in [0.3, 0.4) is 0 Å². The molecule has 0 amide bonds. The fraction of sp³-hybridized carbons (Fsp3) is 0.667. The second-order valence-corrected chi connectivity index (χ2v) is 12.6. The van der Waals surface area contributed by atoms with E-state index in [0.717, 1.165) is 61.2 Å². The van der Waals surface area contributed by atoms with Crippen molar-refractivity contribution in [2.45, 2.75) is 93.9 Å². The Labute approximate surface area is 234 Å². The summed E-state index contributed by atoms with van der Waals surface area (Å²) < 4.78 is 27.5. The first-order valence-electron chi connectivity index (χ1n) is 14.9. The zero-order chi connectivity index (χ0) is 27.5.